The van der Waals surface area contributed by atoms with Crippen LogP contribution in [0.2, 0.25) is 0 Å². The molecule has 6 N–H and O–H groups in total. The molecule has 0 aliphatic heterocycles. The van der Waals surface area contributed by atoms with Gasteiger partial charge in [-0.25, -0.2) is 0 Å². The monoisotopic (exact) mass is 506 g/mol. The van der Waals surface area contributed by atoms with Crippen LogP contribution in [-0.2, 0) is 22.6 Å². The molecule has 192 valence electrons. The van der Waals surface area contributed by atoms with E-state index in [-0.39, 0.29) is 36.4 Å². The Morgan fingerprint density at radius 3 is 1.79 bits per heavy atom. The third-order valence-corrected chi connectivity index (χ3v) is 6.27. The number of hydrogen-bond donors (Lipinski definition) is 5. The molecule has 1 atom stereocenters. The Bertz CT molecular complexity index is 1330. The number of amides is 2. The largest absolute Gasteiger partial charge is 0.508 e. The van der Waals surface area contributed by atoms with Gasteiger partial charge in [0.25, 0.3) is 0 Å². The van der Waals surface area contributed by atoms with E-state index >= 15 is 0 Å². The second-order valence-electron chi connectivity index (χ2n) is 9.01. The highest BCUT2D eigenvalue weighted by atomic mass is 16.3. The molecule has 7 heteroatoms. The summed E-state index contributed by atoms with van der Waals surface area (Å²) in [4.78, 5) is 27.1. The van der Waals surface area contributed by atoms with Crippen molar-refractivity contribution in [3.05, 3.63) is 137 Å². The van der Waals surface area contributed by atoms with Crippen LogP contribution < -0.4 is 16.4 Å². The molecule has 0 saturated heterocycles. The Morgan fingerprint density at radius 1 is 0.737 bits per heavy atom. The highest BCUT2D eigenvalue weighted by Gasteiger charge is 2.28. The molecule has 4 aromatic carbocycles. The molecule has 38 heavy (non-hydrogen) atoms. The van der Waals surface area contributed by atoms with Gasteiger partial charge in [-0.05, 0) is 34.4 Å². The number of carbonyl (C=O) groups excluding carboxylic acids is 2. The Morgan fingerprint density at radius 2 is 1.26 bits per heavy atom. The molecule has 0 heterocycles. The van der Waals surface area contributed by atoms with Gasteiger partial charge in [0.1, 0.15) is 17.6 Å². The average Bonchev–Trinajstić information content (AvgIpc) is 2.94. The molecule has 2 amide bonds. The zero-order chi connectivity index (χ0) is 26.9. The van der Waals surface area contributed by atoms with Crippen LogP contribution >= 0.6 is 0 Å². The first kappa shape index (κ1) is 26.2. The van der Waals surface area contributed by atoms with E-state index in [1.54, 1.807) is 48.5 Å². The number of phenols is 1. The van der Waals surface area contributed by atoms with E-state index in [4.69, 9.17) is 11.1 Å². The van der Waals surface area contributed by atoms with Crippen molar-refractivity contribution in [1.82, 2.24) is 10.6 Å². The summed E-state index contributed by atoms with van der Waals surface area (Å²) in [5.41, 5.74) is 9.44. The van der Waals surface area contributed by atoms with E-state index in [9.17, 15) is 14.7 Å². The summed E-state index contributed by atoms with van der Waals surface area (Å²) in [7, 11) is 0. The maximum Gasteiger partial charge on any atom is 0.243 e. The Hall–Kier alpha value is -4.91. The Labute approximate surface area is 221 Å². The highest BCUT2D eigenvalue weighted by Crippen LogP contribution is 2.25. The lowest BCUT2D eigenvalue weighted by Crippen LogP contribution is -2.49. The fourth-order valence-electron chi connectivity index (χ4n) is 4.23. The van der Waals surface area contributed by atoms with Crippen LogP contribution in [0.1, 0.15) is 33.7 Å². The topological polar surface area (TPSA) is 128 Å². The van der Waals surface area contributed by atoms with Gasteiger partial charge < -0.3 is 21.5 Å². The molecular formula is C31H30N4O3. The lowest BCUT2D eigenvalue weighted by atomic mass is 9.90. The van der Waals surface area contributed by atoms with E-state index in [1.807, 2.05) is 60.7 Å². The number of benzene rings is 4. The fourth-order valence-corrected chi connectivity index (χ4v) is 4.23. The highest BCUT2D eigenvalue weighted by molar-refractivity contribution is 5.95. The standard InChI is InChI=1S/C31H30N4O3/c32-29(33)25-15-11-21(12-16-25)19-27(30(37)34-20-22-13-17-26(36)18-14-22)35-31(38)28(23-7-3-1-4-8-23)24-9-5-2-6-10-24/h1-18,27-28,36H,19-20H2,(H3,32,33)(H,34,37)(H,35,38). The van der Waals surface area contributed by atoms with E-state index in [0.29, 0.717) is 5.56 Å². The van der Waals surface area contributed by atoms with Crippen molar-refractivity contribution >= 4 is 17.6 Å². The van der Waals surface area contributed by atoms with Crippen molar-refractivity contribution in [1.29, 1.82) is 5.41 Å². The normalized spacial score (nSPS) is 11.5. The van der Waals surface area contributed by atoms with Crippen LogP contribution in [0.15, 0.2) is 109 Å². The predicted molar refractivity (Wildman–Crippen MR) is 148 cm³/mol. The number of aromatic hydroxyl groups is 1. The van der Waals surface area contributed by atoms with Crippen LogP contribution in [0.25, 0.3) is 0 Å². The zero-order valence-electron chi connectivity index (χ0n) is 20.8. The number of nitrogens with one attached hydrogen (secondary N) is 3. The van der Waals surface area contributed by atoms with Gasteiger partial charge in [-0.2, -0.15) is 0 Å². The van der Waals surface area contributed by atoms with Gasteiger partial charge in [0.05, 0.1) is 5.92 Å². The number of carbonyl (C=O) groups is 2. The zero-order valence-corrected chi connectivity index (χ0v) is 20.8. The lowest BCUT2D eigenvalue weighted by Gasteiger charge is -2.23. The van der Waals surface area contributed by atoms with Crippen LogP contribution in [0, 0.1) is 5.41 Å². The summed E-state index contributed by atoms with van der Waals surface area (Å²) >= 11 is 0. The number of hydrogen-bond acceptors (Lipinski definition) is 4. The van der Waals surface area contributed by atoms with E-state index in [2.05, 4.69) is 10.6 Å². The SMILES string of the molecule is N=C(N)c1ccc(CC(NC(=O)C(c2ccccc2)c2ccccc2)C(=O)NCc2ccc(O)cc2)cc1. The number of nitrogen functional groups attached to an aromatic ring is 1. The number of phenolic OH excluding ortho intramolecular Hbond substituents is 1. The summed E-state index contributed by atoms with van der Waals surface area (Å²) in [5.74, 6) is -1.10. The smallest absolute Gasteiger partial charge is 0.243 e. The minimum absolute atomic E-state index is 0.0402. The van der Waals surface area contributed by atoms with Crippen molar-refractivity contribution in [2.45, 2.75) is 24.9 Å². The van der Waals surface area contributed by atoms with Gasteiger partial charge in [0.2, 0.25) is 11.8 Å². The van der Waals surface area contributed by atoms with Crippen molar-refractivity contribution in [3.8, 4) is 5.75 Å². The quantitative estimate of drug-likeness (QED) is 0.165. The van der Waals surface area contributed by atoms with Gasteiger partial charge in [-0.3, -0.25) is 15.0 Å². The molecule has 0 aliphatic rings. The molecule has 4 aromatic rings. The first-order valence-corrected chi connectivity index (χ1v) is 12.3. The van der Waals surface area contributed by atoms with Crippen molar-refractivity contribution in [3.63, 3.8) is 0 Å². The molecule has 1 unspecified atom stereocenters. The molecule has 0 aliphatic carbocycles. The van der Waals surface area contributed by atoms with Crippen LogP contribution in [0.5, 0.6) is 5.75 Å². The second kappa shape index (κ2) is 12.4. The third-order valence-electron chi connectivity index (χ3n) is 6.27. The van der Waals surface area contributed by atoms with E-state index in [1.165, 1.54) is 0 Å². The van der Waals surface area contributed by atoms with Crippen molar-refractivity contribution in [2.75, 3.05) is 0 Å². The van der Waals surface area contributed by atoms with E-state index in [0.717, 1.165) is 22.3 Å². The fraction of sp³-hybridized carbons (Fsp3) is 0.129. The molecular weight excluding hydrogens is 476 g/mol. The summed E-state index contributed by atoms with van der Waals surface area (Å²) in [6, 6.07) is 31.7. The molecule has 0 radical (unpaired) electrons. The summed E-state index contributed by atoms with van der Waals surface area (Å²) in [6.45, 7) is 0.246. The first-order valence-electron chi connectivity index (χ1n) is 12.3. The molecule has 0 spiro atoms. The average molecular weight is 507 g/mol. The predicted octanol–water partition coefficient (Wildman–Crippen LogP) is 3.85. The maximum atomic E-state index is 13.7. The molecule has 0 aromatic heterocycles. The van der Waals surface area contributed by atoms with Crippen LogP contribution in [0.3, 0.4) is 0 Å². The second-order valence-corrected chi connectivity index (χ2v) is 9.01. The van der Waals surface area contributed by atoms with E-state index < -0.39 is 12.0 Å². The molecule has 0 bridgehead atoms. The van der Waals surface area contributed by atoms with Gasteiger partial charge >= 0.3 is 0 Å². The molecule has 0 fully saturated rings. The molecule has 7 nitrogen and oxygen atoms in total. The lowest BCUT2D eigenvalue weighted by molar-refractivity contribution is -0.129. The van der Waals surface area contributed by atoms with Crippen molar-refractivity contribution < 1.29 is 14.7 Å². The Balaban J connectivity index is 1.58. The third kappa shape index (κ3) is 6.85. The number of rotatable bonds is 10. The molecule has 0 saturated carbocycles. The van der Waals surface area contributed by atoms with Gasteiger partial charge in [-0.1, -0.05) is 97.1 Å². The minimum atomic E-state index is -0.849. The van der Waals surface area contributed by atoms with Crippen LogP contribution in [-0.4, -0.2) is 28.8 Å². The van der Waals surface area contributed by atoms with Gasteiger partial charge in [0, 0.05) is 18.5 Å². The summed E-state index contributed by atoms with van der Waals surface area (Å²) in [5, 5.41) is 23.0. The van der Waals surface area contributed by atoms with Gasteiger partial charge in [-0.15, -0.1) is 0 Å². The van der Waals surface area contributed by atoms with Gasteiger partial charge in [0.15, 0.2) is 0 Å². The van der Waals surface area contributed by atoms with Crippen molar-refractivity contribution in [2.24, 2.45) is 5.73 Å². The maximum absolute atomic E-state index is 13.7. The molecule has 4 rings (SSSR count). The van der Waals surface area contributed by atoms with Crippen LogP contribution in [0.4, 0.5) is 0 Å². The summed E-state index contributed by atoms with van der Waals surface area (Å²) in [6.07, 6.45) is 0.252. The summed E-state index contributed by atoms with van der Waals surface area (Å²) < 4.78 is 0. The first-order chi connectivity index (χ1) is 18.4. The number of nitrogens with two attached hydrogens (primary N) is 1. The number of amidine groups is 1. The Kier molecular flexibility index (Phi) is 8.51. The minimum Gasteiger partial charge on any atom is -0.508 e.